The van der Waals surface area contributed by atoms with Crippen molar-refractivity contribution in [1.29, 1.82) is 0 Å². The fourth-order valence-electron chi connectivity index (χ4n) is 6.02. The van der Waals surface area contributed by atoms with Crippen LogP contribution in [0.4, 0.5) is 0 Å². The van der Waals surface area contributed by atoms with Crippen molar-refractivity contribution in [3.63, 3.8) is 0 Å². The average Bonchev–Trinajstić information content (AvgIpc) is 3.61. The van der Waals surface area contributed by atoms with Crippen LogP contribution in [0.1, 0.15) is 17.5 Å². The van der Waals surface area contributed by atoms with E-state index < -0.39 is 0 Å². The van der Waals surface area contributed by atoms with Crippen LogP contribution in [0.2, 0.25) is 0 Å². The summed E-state index contributed by atoms with van der Waals surface area (Å²) in [6, 6.07) is 44.8. The Hall–Kier alpha value is -4.84. The molecule has 0 saturated carbocycles. The number of hydrogen-bond donors (Lipinski definition) is 0. The highest BCUT2D eigenvalue weighted by Crippen LogP contribution is 2.49. The first-order valence-corrected chi connectivity index (χ1v) is 14.5. The maximum absolute atomic E-state index is 6.80. The molecule has 188 valence electrons. The monoisotopic (exact) mass is 528 g/mol. The molecule has 1 aliphatic carbocycles. The molecule has 0 N–H and O–H groups in total. The van der Waals surface area contributed by atoms with E-state index in [1.807, 2.05) is 23.5 Å². The lowest BCUT2D eigenvalue weighted by Crippen LogP contribution is -1.94. The molecule has 2 aromatic heterocycles. The van der Waals surface area contributed by atoms with Crippen molar-refractivity contribution in [2.45, 2.75) is 12.8 Å². The second-order valence-corrected chi connectivity index (χ2v) is 11.2. The van der Waals surface area contributed by atoms with Crippen molar-refractivity contribution in [2.75, 3.05) is 0 Å². The van der Waals surface area contributed by atoms with Gasteiger partial charge in [-0.2, -0.15) is 0 Å². The molecule has 0 saturated heterocycles. The largest absolute Gasteiger partial charge is 0.455 e. The summed E-state index contributed by atoms with van der Waals surface area (Å²) in [5, 5.41) is 2.31. The topological polar surface area (TPSA) is 13.1 Å². The summed E-state index contributed by atoms with van der Waals surface area (Å²) in [4.78, 5) is 2.60. The van der Waals surface area contributed by atoms with Gasteiger partial charge in [0.25, 0.3) is 0 Å². The van der Waals surface area contributed by atoms with Gasteiger partial charge in [0, 0.05) is 42.8 Å². The van der Waals surface area contributed by atoms with Crippen molar-refractivity contribution in [3.05, 3.63) is 139 Å². The molecule has 0 spiro atoms. The minimum absolute atomic E-state index is 0.943. The van der Waals surface area contributed by atoms with Gasteiger partial charge in [-0.3, -0.25) is 0 Å². The molecular formula is C38H24OS. The molecule has 8 rings (SSSR count). The molecule has 7 aromatic rings. The van der Waals surface area contributed by atoms with Gasteiger partial charge in [-0.15, -0.1) is 11.3 Å². The third-order valence-electron chi connectivity index (χ3n) is 7.86. The van der Waals surface area contributed by atoms with Crippen molar-refractivity contribution in [3.8, 4) is 43.1 Å². The highest BCUT2D eigenvalue weighted by atomic mass is 32.1. The van der Waals surface area contributed by atoms with Crippen LogP contribution in [-0.4, -0.2) is 0 Å². The lowest BCUT2D eigenvalue weighted by molar-refractivity contribution is 0.671. The molecule has 1 nitrogen and oxygen atoms in total. The van der Waals surface area contributed by atoms with Gasteiger partial charge >= 0.3 is 0 Å². The fourth-order valence-corrected chi connectivity index (χ4v) is 7.42. The molecule has 0 aliphatic heterocycles. The van der Waals surface area contributed by atoms with Crippen LogP contribution in [0.25, 0.3) is 71.1 Å². The Balaban J connectivity index is 1.37. The average molecular weight is 529 g/mol. The number of fused-ring (bicyclic) bond motifs is 4. The SMILES string of the molecule is c1cccc(-c2ccccc2-c2sc(-c3cccc4c3oc3c(-c5ccccc5)cccc34)c3c2CCC=C3)c#1. The maximum atomic E-state index is 6.80. The molecule has 0 atom stereocenters. The Labute approximate surface area is 237 Å². The summed E-state index contributed by atoms with van der Waals surface area (Å²) in [5.74, 6) is 0. The molecular weight excluding hydrogens is 504 g/mol. The summed E-state index contributed by atoms with van der Waals surface area (Å²) in [6.07, 6.45) is 6.71. The Morgan fingerprint density at radius 2 is 1.35 bits per heavy atom. The van der Waals surface area contributed by atoms with Crippen molar-refractivity contribution >= 4 is 39.4 Å². The third kappa shape index (κ3) is 3.63. The van der Waals surface area contributed by atoms with Crippen LogP contribution in [0.3, 0.4) is 0 Å². The quantitative estimate of drug-likeness (QED) is 0.221. The molecule has 0 bridgehead atoms. The number of benzene rings is 4. The van der Waals surface area contributed by atoms with E-state index in [1.54, 1.807) is 0 Å². The van der Waals surface area contributed by atoms with Gasteiger partial charge in [-0.25, -0.2) is 0 Å². The summed E-state index contributed by atoms with van der Waals surface area (Å²) in [7, 11) is 0. The van der Waals surface area contributed by atoms with Gasteiger partial charge in [0.1, 0.15) is 11.2 Å². The second kappa shape index (κ2) is 9.42. The molecule has 1 aliphatic rings. The number of rotatable bonds is 4. The van der Waals surface area contributed by atoms with E-state index in [4.69, 9.17) is 4.42 Å². The number of thiophene rings is 1. The fraction of sp³-hybridized carbons (Fsp3) is 0.0526. The van der Waals surface area contributed by atoms with Crippen LogP contribution >= 0.6 is 11.3 Å². The predicted molar refractivity (Wildman–Crippen MR) is 168 cm³/mol. The van der Waals surface area contributed by atoms with Crippen LogP contribution in [0, 0.1) is 12.1 Å². The summed E-state index contributed by atoms with van der Waals surface area (Å²) >= 11 is 1.88. The van der Waals surface area contributed by atoms with Gasteiger partial charge < -0.3 is 4.42 Å². The van der Waals surface area contributed by atoms with Crippen LogP contribution < -0.4 is 0 Å². The van der Waals surface area contributed by atoms with Crippen molar-refractivity contribution < 1.29 is 4.42 Å². The van der Waals surface area contributed by atoms with E-state index >= 15 is 0 Å². The second-order valence-electron chi connectivity index (χ2n) is 10.2. The van der Waals surface area contributed by atoms with E-state index in [0.717, 1.165) is 51.5 Å². The number of furan rings is 1. The molecule has 40 heavy (non-hydrogen) atoms. The number of hydrogen-bond acceptors (Lipinski definition) is 2. The normalized spacial score (nSPS) is 12.5. The molecule has 0 radical (unpaired) electrons. The van der Waals surface area contributed by atoms with E-state index in [9.17, 15) is 0 Å². The minimum atomic E-state index is 0.943. The Kier molecular flexibility index (Phi) is 5.43. The first-order valence-electron chi connectivity index (χ1n) is 13.7. The van der Waals surface area contributed by atoms with E-state index in [2.05, 4.69) is 121 Å². The lowest BCUT2D eigenvalue weighted by atomic mass is 9.91. The summed E-state index contributed by atoms with van der Waals surface area (Å²) in [5.41, 5.74) is 11.6. The zero-order valence-corrected chi connectivity index (χ0v) is 22.6. The van der Waals surface area contributed by atoms with E-state index in [0.29, 0.717) is 0 Å². The number of para-hydroxylation sites is 2. The minimum Gasteiger partial charge on any atom is -0.455 e. The number of allylic oxidation sites excluding steroid dienone is 1. The van der Waals surface area contributed by atoms with Gasteiger partial charge in [-0.05, 0) is 53.3 Å². The first-order chi connectivity index (χ1) is 19.9. The zero-order chi connectivity index (χ0) is 26.5. The molecule has 5 aromatic carbocycles. The summed E-state index contributed by atoms with van der Waals surface area (Å²) in [6.45, 7) is 0. The van der Waals surface area contributed by atoms with E-state index in [-0.39, 0.29) is 0 Å². The lowest BCUT2D eigenvalue weighted by Gasteiger charge is -2.12. The van der Waals surface area contributed by atoms with Crippen LogP contribution in [-0.2, 0) is 6.42 Å². The highest BCUT2D eigenvalue weighted by molar-refractivity contribution is 7.19. The van der Waals surface area contributed by atoms with Crippen LogP contribution in [0.5, 0.6) is 0 Å². The third-order valence-corrected chi connectivity index (χ3v) is 9.17. The zero-order valence-electron chi connectivity index (χ0n) is 21.8. The first kappa shape index (κ1) is 23.1. The maximum Gasteiger partial charge on any atom is 0.144 e. The molecule has 2 heteroatoms. The van der Waals surface area contributed by atoms with Crippen molar-refractivity contribution in [1.82, 2.24) is 0 Å². The predicted octanol–water partition coefficient (Wildman–Crippen LogP) is 10.9. The van der Waals surface area contributed by atoms with E-state index in [1.165, 1.54) is 37.6 Å². The smallest absolute Gasteiger partial charge is 0.144 e. The Bertz CT molecular complexity index is 2040. The molecule has 0 fully saturated rings. The van der Waals surface area contributed by atoms with Crippen LogP contribution in [0.15, 0.2) is 120 Å². The highest BCUT2D eigenvalue weighted by Gasteiger charge is 2.24. The van der Waals surface area contributed by atoms with Gasteiger partial charge in [-0.1, -0.05) is 115 Å². The molecule has 0 unspecified atom stereocenters. The molecule has 0 amide bonds. The van der Waals surface area contributed by atoms with Gasteiger partial charge in [0.05, 0.1) is 0 Å². The molecule has 2 heterocycles. The standard InChI is InChI=1S/C38H24OS/c1-3-13-25(14-4-1)27-17-7-8-18-31(27)37-32-19-9-10-20-33(32)38(40-37)34-24-12-23-30-29-22-11-21-28(35(29)39-36(30)34)26-15-5-2-6-16-26/h1-3,5-8,10-13,15-18,20-24H,9,19H2. The Morgan fingerprint density at radius 1 is 0.625 bits per heavy atom. The summed E-state index contributed by atoms with van der Waals surface area (Å²) < 4.78 is 6.80. The van der Waals surface area contributed by atoms with Gasteiger partial charge in [0.2, 0.25) is 0 Å². The Morgan fingerprint density at radius 3 is 2.15 bits per heavy atom. The van der Waals surface area contributed by atoms with Crippen molar-refractivity contribution in [2.24, 2.45) is 0 Å². The van der Waals surface area contributed by atoms with Gasteiger partial charge in [0.15, 0.2) is 0 Å².